The summed E-state index contributed by atoms with van der Waals surface area (Å²) >= 11 is 0. The fourth-order valence-electron chi connectivity index (χ4n) is 2.37. The van der Waals surface area contributed by atoms with Crippen LogP contribution < -0.4 is 5.32 Å². The van der Waals surface area contributed by atoms with Gasteiger partial charge in [0.15, 0.2) is 5.60 Å². The van der Waals surface area contributed by atoms with Gasteiger partial charge in [0.2, 0.25) is 0 Å². The van der Waals surface area contributed by atoms with Gasteiger partial charge in [-0.2, -0.15) is 0 Å². The van der Waals surface area contributed by atoms with Crippen molar-refractivity contribution in [1.29, 1.82) is 0 Å². The number of rotatable bonds is 1. The number of carbonyl (C=O) groups excluding carboxylic acids is 1. The molecule has 3 rings (SSSR count). The van der Waals surface area contributed by atoms with Gasteiger partial charge in [0.1, 0.15) is 0 Å². The number of amides is 1. The van der Waals surface area contributed by atoms with Crippen molar-refractivity contribution in [3.63, 3.8) is 0 Å². The van der Waals surface area contributed by atoms with Gasteiger partial charge in [0.05, 0.1) is 0 Å². The van der Waals surface area contributed by atoms with Gasteiger partial charge in [-0.15, -0.1) is 0 Å². The van der Waals surface area contributed by atoms with E-state index in [0.717, 1.165) is 5.56 Å². The average Bonchev–Trinajstić information content (AvgIpc) is 2.64. The van der Waals surface area contributed by atoms with E-state index >= 15 is 0 Å². The summed E-state index contributed by atoms with van der Waals surface area (Å²) in [6, 6.07) is 14.6. The van der Waals surface area contributed by atoms with Gasteiger partial charge >= 0.3 is 0 Å². The zero-order valence-corrected chi connectivity index (χ0v) is 9.97. The van der Waals surface area contributed by atoms with Crippen LogP contribution in [0.1, 0.15) is 16.7 Å². The van der Waals surface area contributed by atoms with Crippen LogP contribution in [0.4, 0.5) is 5.69 Å². The molecule has 1 aliphatic rings. The average molecular weight is 239 g/mol. The number of anilines is 1. The molecule has 1 aliphatic heterocycles. The maximum absolute atomic E-state index is 12.1. The van der Waals surface area contributed by atoms with Crippen molar-refractivity contribution in [2.75, 3.05) is 5.32 Å². The fraction of sp³-hybridized carbons (Fsp3) is 0.133. The van der Waals surface area contributed by atoms with Crippen molar-refractivity contribution in [1.82, 2.24) is 0 Å². The molecule has 3 nitrogen and oxygen atoms in total. The van der Waals surface area contributed by atoms with Gasteiger partial charge in [0, 0.05) is 11.3 Å². The first-order chi connectivity index (χ1) is 8.62. The Kier molecular flexibility index (Phi) is 2.25. The Morgan fingerprint density at radius 2 is 1.83 bits per heavy atom. The number of nitrogens with one attached hydrogen (secondary N) is 1. The Hall–Kier alpha value is -2.13. The number of fused-ring (bicyclic) bond motifs is 1. The standard InChI is InChI=1S/C15H13NO2/c1-10-7-8-13-12(9-10)15(18,14(17)16-13)11-5-3-2-4-6-11/h2-9,18H,1H3,(H,16,17)/t15-/m1/s1. The van der Waals surface area contributed by atoms with Crippen LogP contribution in [0.15, 0.2) is 48.5 Å². The van der Waals surface area contributed by atoms with Crippen LogP contribution in [-0.2, 0) is 10.4 Å². The van der Waals surface area contributed by atoms with Crippen molar-refractivity contribution in [3.05, 3.63) is 65.2 Å². The van der Waals surface area contributed by atoms with Gasteiger partial charge in [-0.3, -0.25) is 4.79 Å². The van der Waals surface area contributed by atoms with E-state index in [1.807, 2.05) is 43.3 Å². The van der Waals surface area contributed by atoms with Crippen molar-refractivity contribution < 1.29 is 9.90 Å². The minimum absolute atomic E-state index is 0.394. The first kappa shape index (κ1) is 11.0. The van der Waals surface area contributed by atoms with E-state index in [1.54, 1.807) is 12.1 Å². The predicted octanol–water partition coefficient (Wildman–Crippen LogP) is 2.18. The van der Waals surface area contributed by atoms with Crippen molar-refractivity contribution >= 4 is 11.6 Å². The Morgan fingerprint density at radius 3 is 2.56 bits per heavy atom. The highest BCUT2D eigenvalue weighted by Crippen LogP contribution is 2.40. The molecular formula is C15H13NO2. The molecule has 0 aromatic heterocycles. The Balaban J connectivity index is 2.25. The number of aryl methyl sites for hydroxylation is 1. The second-order valence-electron chi connectivity index (χ2n) is 4.58. The quantitative estimate of drug-likeness (QED) is 0.801. The topological polar surface area (TPSA) is 49.3 Å². The van der Waals surface area contributed by atoms with E-state index in [1.165, 1.54) is 0 Å². The van der Waals surface area contributed by atoms with E-state index in [4.69, 9.17) is 0 Å². The van der Waals surface area contributed by atoms with Gasteiger partial charge in [-0.05, 0) is 18.6 Å². The molecule has 1 atom stereocenters. The molecule has 3 heteroatoms. The van der Waals surface area contributed by atoms with Crippen LogP contribution in [0.2, 0.25) is 0 Å². The van der Waals surface area contributed by atoms with E-state index in [-0.39, 0.29) is 0 Å². The molecule has 0 saturated heterocycles. The maximum Gasteiger partial charge on any atom is 0.265 e. The maximum atomic E-state index is 12.1. The molecule has 2 aromatic carbocycles. The fourth-order valence-corrected chi connectivity index (χ4v) is 2.37. The van der Waals surface area contributed by atoms with Gasteiger partial charge in [0.25, 0.3) is 5.91 Å². The molecular weight excluding hydrogens is 226 g/mol. The lowest BCUT2D eigenvalue weighted by Crippen LogP contribution is -2.35. The third-order valence-electron chi connectivity index (χ3n) is 3.33. The first-order valence-electron chi connectivity index (χ1n) is 5.83. The zero-order valence-electron chi connectivity index (χ0n) is 9.97. The van der Waals surface area contributed by atoms with Crippen molar-refractivity contribution in [3.8, 4) is 0 Å². The third kappa shape index (κ3) is 1.38. The van der Waals surface area contributed by atoms with E-state index in [9.17, 15) is 9.90 Å². The SMILES string of the molecule is Cc1ccc2c(c1)[C@](O)(c1ccccc1)C(=O)N2. The van der Waals surface area contributed by atoms with Crippen molar-refractivity contribution in [2.45, 2.75) is 12.5 Å². The van der Waals surface area contributed by atoms with E-state index in [0.29, 0.717) is 16.8 Å². The van der Waals surface area contributed by atoms with Crippen molar-refractivity contribution in [2.24, 2.45) is 0 Å². The Morgan fingerprint density at radius 1 is 1.11 bits per heavy atom. The normalized spacial score (nSPS) is 21.6. The first-order valence-corrected chi connectivity index (χ1v) is 5.83. The van der Waals surface area contributed by atoms with Crippen LogP contribution in [-0.4, -0.2) is 11.0 Å². The molecule has 0 bridgehead atoms. The zero-order chi connectivity index (χ0) is 12.8. The second-order valence-corrected chi connectivity index (χ2v) is 4.58. The molecule has 0 saturated carbocycles. The monoisotopic (exact) mass is 239 g/mol. The number of hydrogen-bond donors (Lipinski definition) is 2. The predicted molar refractivity (Wildman–Crippen MR) is 69.2 cm³/mol. The highest BCUT2D eigenvalue weighted by molar-refractivity contribution is 6.07. The number of hydrogen-bond acceptors (Lipinski definition) is 2. The second kappa shape index (κ2) is 3.68. The molecule has 2 aromatic rings. The molecule has 18 heavy (non-hydrogen) atoms. The highest BCUT2D eigenvalue weighted by Gasteiger charge is 2.46. The lowest BCUT2D eigenvalue weighted by Gasteiger charge is -2.21. The van der Waals surface area contributed by atoms with E-state index < -0.39 is 11.5 Å². The Bertz CT molecular complexity index is 622. The lowest BCUT2D eigenvalue weighted by molar-refractivity contribution is -0.129. The molecule has 2 N–H and O–H groups in total. The minimum atomic E-state index is -1.58. The van der Waals surface area contributed by atoms with Gasteiger partial charge in [-0.1, -0.05) is 48.0 Å². The van der Waals surface area contributed by atoms with Crippen LogP contribution in [0, 0.1) is 6.92 Å². The summed E-state index contributed by atoms with van der Waals surface area (Å²) < 4.78 is 0. The summed E-state index contributed by atoms with van der Waals surface area (Å²) in [5, 5.41) is 13.5. The lowest BCUT2D eigenvalue weighted by atomic mass is 9.87. The van der Waals surface area contributed by atoms with Gasteiger partial charge in [-0.25, -0.2) is 0 Å². The summed E-state index contributed by atoms with van der Waals surface area (Å²) in [5.41, 5.74) is 1.32. The third-order valence-corrected chi connectivity index (χ3v) is 3.33. The summed E-state index contributed by atoms with van der Waals surface area (Å²) in [6.45, 7) is 1.94. The number of benzene rings is 2. The molecule has 0 fully saturated rings. The summed E-state index contributed by atoms with van der Waals surface area (Å²) in [7, 11) is 0. The summed E-state index contributed by atoms with van der Waals surface area (Å²) in [4.78, 5) is 12.1. The molecule has 0 spiro atoms. The Labute approximate surface area is 105 Å². The summed E-state index contributed by atoms with van der Waals surface area (Å²) in [6.07, 6.45) is 0. The van der Waals surface area contributed by atoms with E-state index in [2.05, 4.69) is 5.32 Å². The number of aliphatic hydroxyl groups is 1. The van der Waals surface area contributed by atoms with Crippen LogP contribution in [0.25, 0.3) is 0 Å². The van der Waals surface area contributed by atoms with Crippen LogP contribution in [0.3, 0.4) is 0 Å². The van der Waals surface area contributed by atoms with Gasteiger partial charge < -0.3 is 10.4 Å². The molecule has 0 unspecified atom stereocenters. The molecule has 90 valence electrons. The largest absolute Gasteiger partial charge is 0.372 e. The number of carbonyl (C=O) groups is 1. The molecule has 0 radical (unpaired) electrons. The highest BCUT2D eigenvalue weighted by atomic mass is 16.3. The smallest absolute Gasteiger partial charge is 0.265 e. The molecule has 1 amide bonds. The summed E-state index contributed by atoms with van der Waals surface area (Å²) in [5.74, 6) is -0.394. The minimum Gasteiger partial charge on any atom is -0.372 e. The molecule has 1 heterocycles. The van der Waals surface area contributed by atoms with Crippen LogP contribution >= 0.6 is 0 Å². The molecule has 0 aliphatic carbocycles. The van der Waals surface area contributed by atoms with Crippen LogP contribution in [0.5, 0.6) is 0 Å².